The Hall–Kier alpha value is -1.85. The summed E-state index contributed by atoms with van der Waals surface area (Å²) in [5, 5.41) is 10.9. The lowest BCUT2D eigenvalue weighted by Gasteiger charge is -1.95. The number of imide groups is 1. The molecule has 0 saturated heterocycles. The zero-order chi connectivity index (χ0) is 10.0. The van der Waals surface area contributed by atoms with Crippen LogP contribution in [0.5, 0.6) is 0 Å². The fourth-order valence-electron chi connectivity index (χ4n) is 0.962. The van der Waals surface area contributed by atoms with Crippen molar-refractivity contribution >= 4 is 17.7 Å². The largest absolute Gasteiger partial charge is 0.503 e. The average Bonchev–Trinajstić information content (AvgIpc) is 2.24. The third-order valence-electron chi connectivity index (χ3n) is 1.62. The van der Waals surface area contributed by atoms with Crippen LogP contribution in [0.25, 0.3) is 0 Å². The summed E-state index contributed by atoms with van der Waals surface area (Å²) in [7, 11) is 0. The maximum absolute atomic E-state index is 10.9. The molecule has 0 bridgehead atoms. The van der Waals surface area contributed by atoms with Crippen molar-refractivity contribution in [2.75, 3.05) is 0 Å². The molecule has 1 heterocycles. The lowest BCUT2D eigenvalue weighted by atomic mass is 10.1. The summed E-state index contributed by atoms with van der Waals surface area (Å²) in [4.78, 5) is 31.9. The van der Waals surface area contributed by atoms with Crippen molar-refractivity contribution in [3.05, 3.63) is 11.3 Å². The number of hydrogen-bond acceptors (Lipinski definition) is 4. The summed E-state index contributed by atoms with van der Waals surface area (Å²) in [5.74, 6) is -2.70. The Balaban J connectivity index is 2.72. The van der Waals surface area contributed by atoms with Crippen molar-refractivity contribution in [2.45, 2.75) is 12.8 Å². The van der Waals surface area contributed by atoms with Gasteiger partial charge in [0.05, 0.1) is 5.57 Å². The van der Waals surface area contributed by atoms with E-state index in [0.29, 0.717) is 0 Å². The smallest absolute Gasteiger partial charge is 0.293 e. The number of nitrogens with one attached hydrogen (secondary N) is 1. The predicted molar refractivity (Wildman–Crippen MR) is 41.2 cm³/mol. The van der Waals surface area contributed by atoms with E-state index in [9.17, 15) is 14.4 Å². The number of aliphatic hydroxyl groups excluding tert-OH is 1. The molecule has 0 fully saturated rings. The summed E-state index contributed by atoms with van der Waals surface area (Å²) < 4.78 is 0. The highest BCUT2D eigenvalue weighted by molar-refractivity contribution is 6.18. The molecular formula is C7H8N2O4. The van der Waals surface area contributed by atoms with Crippen LogP contribution in [0.4, 0.5) is 0 Å². The van der Waals surface area contributed by atoms with E-state index in [0.717, 1.165) is 0 Å². The van der Waals surface area contributed by atoms with Crippen LogP contribution in [0, 0.1) is 0 Å². The van der Waals surface area contributed by atoms with Crippen molar-refractivity contribution in [3.63, 3.8) is 0 Å². The molecule has 0 atom stereocenters. The summed E-state index contributed by atoms with van der Waals surface area (Å²) >= 11 is 0. The monoisotopic (exact) mass is 184 g/mol. The molecule has 13 heavy (non-hydrogen) atoms. The molecule has 1 aliphatic rings. The van der Waals surface area contributed by atoms with Crippen molar-refractivity contribution < 1.29 is 19.5 Å². The maximum Gasteiger partial charge on any atom is 0.293 e. The fraction of sp³-hybridized carbons (Fsp3) is 0.286. The van der Waals surface area contributed by atoms with Crippen molar-refractivity contribution in [1.82, 2.24) is 5.32 Å². The normalized spacial score (nSPS) is 16.3. The highest BCUT2D eigenvalue weighted by atomic mass is 16.3. The third kappa shape index (κ3) is 1.84. The molecule has 1 rings (SSSR count). The highest BCUT2D eigenvalue weighted by Gasteiger charge is 2.29. The minimum Gasteiger partial charge on any atom is -0.503 e. The van der Waals surface area contributed by atoms with E-state index in [-0.39, 0.29) is 18.4 Å². The van der Waals surface area contributed by atoms with Crippen molar-refractivity contribution in [2.24, 2.45) is 5.73 Å². The second-order valence-electron chi connectivity index (χ2n) is 2.58. The van der Waals surface area contributed by atoms with Gasteiger partial charge in [0.15, 0.2) is 5.76 Å². The number of carbonyl (C=O) groups is 3. The molecule has 0 aromatic carbocycles. The molecule has 3 amide bonds. The Morgan fingerprint density at radius 1 is 1.38 bits per heavy atom. The molecule has 0 aromatic rings. The predicted octanol–water partition coefficient (Wildman–Crippen LogP) is -1.28. The number of amides is 3. The number of primary amides is 1. The van der Waals surface area contributed by atoms with Crippen LogP contribution in [0.2, 0.25) is 0 Å². The Kier molecular flexibility index (Phi) is 2.32. The number of carbonyl (C=O) groups excluding carboxylic acids is 3. The molecule has 6 heteroatoms. The molecular weight excluding hydrogens is 176 g/mol. The lowest BCUT2D eigenvalue weighted by Crippen LogP contribution is -2.23. The molecule has 4 N–H and O–H groups in total. The van der Waals surface area contributed by atoms with Gasteiger partial charge in [-0.05, 0) is 6.42 Å². The van der Waals surface area contributed by atoms with Gasteiger partial charge in [0.1, 0.15) is 0 Å². The number of hydrogen-bond donors (Lipinski definition) is 3. The third-order valence-corrected chi connectivity index (χ3v) is 1.62. The van der Waals surface area contributed by atoms with Crippen molar-refractivity contribution in [3.8, 4) is 0 Å². The van der Waals surface area contributed by atoms with Gasteiger partial charge in [0, 0.05) is 6.42 Å². The van der Waals surface area contributed by atoms with Gasteiger partial charge < -0.3 is 10.8 Å². The van der Waals surface area contributed by atoms with Gasteiger partial charge in [-0.2, -0.15) is 0 Å². The molecule has 0 radical (unpaired) electrons. The van der Waals surface area contributed by atoms with Gasteiger partial charge >= 0.3 is 0 Å². The fourth-order valence-corrected chi connectivity index (χ4v) is 0.962. The second kappa shape index (κ2) is 3.26. The van der Waals surface area contributed by atoms with Gasteiger partial charge in [-0.1, -0.05) is 0 Å². The first-order valence-corrected chi connectivity index (χ1v) is 3.58. The Morgan fingerprint density at radius 3 is 2.38 bits per heavy atom. The van der Waals surface area contributed by atoms with Gasteiger partial charge in [-0.15, -0.1) is 0 Å². The van der Waals surface area contributed by atoms with E-state index >= 15 is 0 Å². The van der Waals surface area contributed by atoms with E-state index in [1.807, 2.05) is 5.32 Å². The average molecular weight is 184 g/mol. The first kappa shape index (κ1) is 9.24. The molecule has 0 unspecified atom stereocenters. The Morgan fingerprint density at radius 2 is 2.00 bits per heavy atom. The first-order chi connectivity index (χ1) is 6.02. The minimum absolute atomic E-state index is 0.0151. The quantitative estimate of drug-likeness (QED) is 0.474. The number of aliphatic hydroxyl groups is 1. The zero-order valence-corrected chi connectivity index (χ0v) is 6.66. The first-order valence-electron chi connectivity index (χ1n) is 3.58. The molecule has 6 nitrogen and oxygen atoms in total. The second-order valence-corrected chi connectivity index (χ2v) is 2.58. The van der Waals surface area contributed by atoms with E-state index in [1.165, 1.54) is 0 Å². The summed E-state index contributed by atoms with van der Waals surface area (Å²) in [5.41, 5.74) is 4.76. The zero-order valence-electron chi connectivity index (χ0n) is 6.66. The standard InChI is InChI=1S/C7H8N2O4/c8-4(10)2-1-3-5(11)7(13)9-6(3)12/h1-2H2,(H2,8,10)(H2,9,11,12,13). The Labute approximate surface area is 73.4 Å². The molecule has 0 spiro atoms. The highest BCUT2D eigenvalue weighted by Crippen LogP contribution is 2.14. The van der Waals surface area contributed by atoms with Crippen molar-refractivity contribution in [1.29, 1.82) is 0 Å². The van der Waals surface area contributed by atoms with Gasteiger partial charge in [-0.25, -0.2) is 0 Å². The molecule has 0 aliphatic carbocycles. The molecule has 0 aromatic heterocycles. The molecule has 1 aliphatic heterocycles. The van der Waals surface area contributed by atoms with Crippen LogP contribution >= 0.6 is 0 Å². The van der Waals surface area contributed by atoms with Crippen LogP contribution in [0.1, 0.15) is 12.8 Å². The van der Waals surface area contributed by atoms with E-state index in [2.05, 4.69) is 0 Å². The maximum atomic E-state index is 10.9. The summed E-state index contributed by atoms with van der Waals surface area (Å²) in [6, 6.07) is 0. The summed E-state index contributed by atoms with van der Waals surface area (Å²) in [6.07, 6.45) is -0.0845. The molecule has 0 saturated carbocycles. The van der Waals surface area contributed by atoms with Gasteiger partial charge in [0.2, 0.25) is 5.91 Å². The van der Waals surface area contributed by atoms with E-state index in [1.54, 1.807) is 0 Å². The minimum atomic E-state index is -0.829. The van der Waals surface area contributed by atoms with Crippen LogP contribution in [0.15, 0.2) is 11.3 Å². The molecule has 70 valence electrons. The Bertz CT molecular complexity index is 318. The van der Waals surface area contributed by atoms with Crippen LogP contribution in [0.3, 0.4) is 0 Å². The summed E-state index contributed by atoms with van der Waals surface area (Å²) in [6.45, 7) is 0. The number of rotatable bonds is 3. The topological polar surface area (TPSA) is 109 Å². The van der Waals surface area contributed by atoms with Crippen LogP contribution in [-0.2, 0) is 14.4 Å². The SMILES string of the molecule is NC(=O)CCC1=C(O)C(=O)NC1=O. The number of nitrogens with two attached hydrogens (primary N) is 1. The van der Waals surface area contributed by atoms with E-state index in [4.69, 9.17) is 10.8 Å². The van der Waals surface area contributed by atoms with Crippen LogP contribution < -0.4 is 11.1 Å². The lowest BCUT2D eigenvalue weighted by molar-refractivity contribution is -0.125. The van der Waals surface area contributed by atoms with Gasteiger partial charge in [0.25, 0.3) is 11.8 Å². The van der Waals surface area contributed by atoms with E-state index < -0.39 is 23.5 Å². The van der Waals surface area contributed by atoms with Crippen LogP contribution in [-0.4, -0.2) is 22.8 Å². The van der Waals surface area contributed by atoms with Gasteiger partial charge in [-0.3, -0.25) is 19.7 Å².